The molecule has 1 aromatic carbocycles. The summed E-state index contributed by atoms with van der Waals surface area (Å²) in [6.07, 6.45) is 4.86. The Hall–Kier alpha value is -1.75. The van der Waals surface area contributed by atoms with Crippen molar-refractivity contribution >= 4 is 17.7 Å². The maximum Gasteiger partial charge on any atom is 0.407 e. The molecule has 0 heterocycles. The van der Waals surface area contributed by atoms with Gasteiger partial charge in [0.15, 0.2) is 0 Å². The van der Waals surface area contributed by atoms with Gasteiger partial charge in [-0.25, -0.2) is 9.18 Å². The Kier molecular flexibility index (Phi) is 7.61. The van der Waals surface area contributed by atoms with Crippen molar-refractivity contribution in [3.63, 3.8) is 0 Å². The van der Waals surface area contributed by atoms with Crippen LogP contribution >= 0.6 is 11.6 Å². The quantitative estimate of drug-likeness (QED) is 0.559. The second kappa shape index (κ2) is 9.23. The van der Waals surface area contributed by atoms with Gasteiger partial charge < -0.3 is 15.2 Å². The third-order valence-corrected chi connectivity index (χ3v) is 3.16. The number of phenolic OH excluding ortho intramolecular Hbond substituents is 1. The number of nitrogens with one attached hydrogen (secondary N) is 1. The number of hydrogen-bond acceptors (Lipinski definition) is 3. The number of carbonyl (C=O) groups is 1. The molecule has 1 aromatic rings. The van der Waals surface area contributed by atoms with Crippen molar-refractivity contribution in [1.29, 1.82) is 0 Å². The summed E-state index contributed by atoms with van der Waals surface area (Å²) in [5.74, 6) is -1.01. The van der Waals surface area contributed by atoms with E-state index < -0.39 is 11.9 Å². The summed E-state index contributed by atoms with van der Waals surface area (Å²) in [5.41, 5.74) is -0.0644. The van der Waals surface area contributed by atoms with Crippen LogP contribution in [0.5, 0.6) is 5.75 Å². The van der Waals surface area contributed by atoms with E-state index in [2.05, 4.69) is 11.9 Å². The molecule has 0 radical (unpaired) electrons. The summed E-state index contributed by atoms with van der Waals surface area (Å²) < 4.78 is 18.6. The maximum atomic E-state index is 13.6. The van der Waals surface area contributed by atoms with E-state index in [1.807, 2.05) is 6.08 Å². The summed E-state index contributed by atoms with van der Waals surface area (Å²) >= 11 is 5.61. The van der Waals surface area contributed by atoms with Crippen LogP contribution in [0.3, 0.4) is 0 Å². The number of alkyl carbamates (subject to hydrolysis) is 1. The lowest BCUT2D eigenvalue weighted by Crippen LogP contribution is -2.24. The van der Waals surface area contributed by atoms with Crippen LogP contribution in [0.25, 0.3) is 0 Å². The summed E-state index contributed by atoms with van der Waals surface area (Å²) in [4.78, 5) is 11.4. The summed E-state index contributed by atoms with van der Waals surface area (Å²) in [5, 5.41) is 11.8. The average Bonchev–Trinajstić information content (AvgIpc) is 2.47. The van der Waals surface area contributed by atoms with E-state index in [1.165, 1.54) is 12.1 Å². The molecule has 21 heavy (non-hydrogen) atoms. The van der Waals surface area contributed by atoms with E-state index in [0.717, 1.165) is 25.7 Å². The molecule has 1 rings (SSSR count). The zero-order valence-electron chi connectivity index (χ0n) is 11.7. The monoisotopic (exact) mass is 315 g/mol. The Bertz CT molecular complexity index is 494. The minimum Gasteiger partial charge on any atom is -0.507 e. The standard InChI is InChI=1S/C15H19ClFNO3/c1-2-3-4-5-6-9-21-15(20)18-10-11-13(19)8-7-12(16)14(11)17/h2,7-8,19H,1,3-6,9-10H2,(H,18,20). The Labute approximate surface area is 128 Å². The van der Waals surface area contributed by atoms with Crippen molar-refractivity contribution in [2.45, 2.75) is 32.2 Å². The molecule has 0 aromatic heterocycles. The highest BCUT2D eigenvalue weighted by Gasteiger charge is 2.13. The Balaban J connectivity index is 2.30. The number of phenols is 1. The molecule has 0 atom stereocenters. The van der Waals surface area contributed by atoms with Gasteiger partial charge in [-0.15, -0.1) is 6.58 Å². The smallest absolute Gasteiger partial charge is 0.407 e. The zero-order valence-corrected chi connectivity index (χ0v) is 12.5. The molecule has 0 fully saturated rings. The first-order chi connectivity index (χ1) is 10.1. The molecule has 0 saturated heterocycles. The summed E-state index contributed by atoms with van der Waals surface area (Å²) in [6, 6.07) is 2.52. The van der Waals surface area contributed by atoms with Crippen LogP contribution in [0.15, 0.2) is 24.8 Å². The highest BCUT2D eigenvalue weighted by molar-refractivity contribution is 6.30. The topological polar surface area (TPSA) is 58.6 Å². The lowest BCUT2D eigenvalue weighted by atomic mass is 10.2. The number of unbranched alkanes of at least 4 members (excludes halogenated alkanes) is 3. The van der Waals surface area contributed by atoms with Crippen LogP contribution in [-0.4, -0.2) is 17.8 Å². The van der Waals surface area contributed by atoms with Crippen molar-refractivity contribution < 1.29 is 19.0 Å². The first-order valence-corrected chi connectivity index (χ1v) is 7.11. The number of carbonyl (C=O) groups excluding carboxylic acids is 1. The van der Waals surface area contributed by atoms with E-state index in [4.69, 9.17) is 16.3 Å². The van der Waals surface area contributed by atoms with Gasteiger partial charge in [0.1, 0.15) is 11.6 Å². The third kappa shape index (κ3) is 6.04. The fourth-order valence-corrected chi connectivity index (χ4v) is 1.87. The molecule has 4 nitrogen and oxygen atoms in total. The Morgan fingerprint density at radius 2 is 2.19 bits per heavy atom. The summed E-state index contributed by atoms with van der Waals surface area (Å²) in [7, 11) is 0. The number of allylic oxidation sites excluding steroid dienone is 1. The van der Waals surface area contributed by atoms with Crippen molar-refractivity contribution in [3.8, 4) is 5.75 Å². The van der Waals surface area contributed by atoms with Gasteiger partial charge in [0.2, 0.25) is 0 Å². The molecule has 0 bridgehead atoms. The van der Waals surface area contributed by atoms with Gasteiger partial charge in [-0.05, 0) is 37.8 Å². The molecule has 2 N–H and O–H groups in total. The van der Waals surface area contributed by atoms with Crippen molar-refractivity contribution in [3.05, 3.63) is 41.2 Å². The molecule has 6 heteroatoms. The van der Waals surface area contributed by atoms with Crippen molar-refractivity contribution in [2.75, 3.05) is 6.61 Å². The number of aromatic hydroxyl groups is 1. The molecular weight excluding hydrogens is 297 g/mol. The number of benzene rings is 1. The number of amides is 1. The number of hydrogen-bond donors (Lipinski definition) is 2. The van der Waals surface area contributed by atoms with Crippen LogP contribution in [0.2, 0.25) is 5.02 Å². The van der Waals surface area contributed by atoms with E-state index >= 15 is 0 Å². The normalized spacial score (nSPS) is 10.2. The lowest BCUT2D eigenvalue weighted by Gasteiger charge is -2.09. The Morgan fingerprint density at radius 3 is 2.90 bits per heavy atom. The minimum absolute atomic E-state index is 0.0644. The van der Waals surface area contributed by atoms with E-state index in [9.17, 15) is 14.3 Å². The molecule has 0 aliphatic heterocycles. The Morgan fingerprint density at radius 1 is 1.43 bits per heavy atom. The average molecular weight is 316 g/mol. The van der Waals surface area contributed by atoms with E-state index in [0.29, 0.717) is 6.61 Å². The SMILES string of the molecule is C=CCCCCCOC(=O)NCc1c(O)ccc(Cl)c1F. The molecule has 0 unspecified atom stereocenters. The molecule has 0 aliphatic rings. The van der Waals surface area contributed by atoms with Crippen molar-refractivity contribution in [2.24, 2.45) is 0 Å². The van der Waals surface area contributed by atoms with Crippen LogP contribution in [0.1, 0.15) is 31.2 Å². The summed E-state index contributed by atoms with van der Waals surface area (Å²) in [6.45, 7) is 3.74. The zero-order chi connectivity index (χ0) is 15.7. The van der Waals surface area contributed by atoms with E-state index in [-0.39, 0.29) is 22.9 Å². The van der Waals surface area contributed by atoms with E-state index in [1.54, 1.807) is 0 Å². The minimum atomic E-state index is -0.749. The highest BCUT2D eigenvalue weighted by Crippen LogP contribution is 2.26. The molecule has 0 saturated carbocycles. The molecule has 1 amide bonds. The molecular formula is C15H19ClFNO3. The molecule has 0 spiro atoms. The lowest BCUT2D eigenvalue weighted by molar-refractivity contribution is 0.143. The number of rotatable bonds is 8. The number of ether oxygens (including phenoxy) is 1. The van der Waals surface area contributed by atoms with Crippen LogP contribution in [0.4, 0.5) is 9.18 Å². The van der Waals surface area contributed by atoms with Gasteiger partial charge in [-0.1, -0.05) is 17.7 Å². The van der Waals surface area contributed by atoms with Crippen LogP contribution in [-0.2, 0) is 11.3 Å². The highest BCUT2D eigenvalue weighted by atomic mass is 35.5. The van der Waals surface area contributed by atoms with Crippen LogP contribution < -0.4 is 5.32 Å². The fourth-order valence-electron chi connectivity index (χ4n) is 1.69. The molecule has 0 aliphatic carbocycles. The number of halogens is 2. The fraction of sp³-hybridized carbons (Fsp3) is 0.400. The predicted molar refractivity (Wildman–Crippen MR) is 79.9 cm³/mol. The first-order valence-electron chi connectivity index (χ1n) is 6.73. The van der Waals surface area contributed by atoms with Crippen LogP contribution in [0, 0.1) is 5.82 Å². The maximum absolute atomic E-state index is 13.6. The van der Waals surface area contributed by atoms with Crippen molar-refractivity contribution in [1.82, 2.24) is 5.32 Å². The first kappa shape index (κ1) is 17.3. The van der Waals surface area contributed by atoms with Gasteiger partial charge in [0.05, 0.1) is 23.7 Å². The van der Waals surface area contributed by atoms with Gasteiger partial charge >= 0.3 is 6.09 Å². The predicted octanol–water partition coefficient (Wildman–Crippen LogP) is 4.16. The van der Waals surface area contributed by atoms with Gasteiger partial charge in [0, 0.05) is 0 Å². The van der Waals surface area contributed by atoms with Gasteiger partial charge in [-0.3, -0.25) is 0 Å². The molecule has 116 valence electrons. The van der Waals surface area contributed by atoms with Gasteiger partial charge in [-0.2, -0.15) is 0 Å². The second-order valence-electron chi connectivity index (χ2n) is 4.49. The largest absolute Gasteiger partial charge is 0.507 e. The second-order valence-corrected chi connectivity index (χ2v) is 4.89. The van der Waals surface area contributed by atoms with Gasteiger partial charge in [0.25, 0.3) is 0 Å². The third-order valence-electron chi connectivity index (χ3n) is 2.87.